The van der Waals surface area contributed by atoms with Gasteiger partial charge in [0.1, 0.15) is 5.75 Å². The number of nitro groups is 1. The minimum absolute atomic E-state index is 0.0934. The molecule has 0 saturated carbocycles. The van der Waals surface area contributed by atoms with Crippen LogP contribution in [0.2, 0.25) is 10.0 Å². The van der Waals surface area contributed by atoms with Crippen LogP contribution in [0.3, 0.4) is 0 Å². The molecule has 103 valence electrons. The van der Waals surface area contributed by atoms with E-state index in [1.807, 2.05) is 13.8 Å². The summed E-state index contributed by atoms with van der Waals surface area (Å²) in [6.45, 7) is 3.73. The van der Waals surface area contributed by atoms with Crippen LogP contribution in [0, 0.1) is 30.0 Å². The van der Waals surface area contributed by atoms with Crippen LogP contribution in [0.1, 0.15) is 11.1 Å². The molecule has 0 N–H and O–H groups in total. The number of hydrogen-bond acceptors (Lipinski definition) is 3. The summed E-state index contributed by atoms with van der Waals surface area (Å²) in [5.41, 5.74) is 1.56. The number of rotatable bonds is 3. The highest BCUT2D eigenvalue weighted by Gasteiger charge is 2.17. The molecule has 2 rings (SSSR count). The zero-order valence-electron chi connectivity index (χ0n) is 10.7. The van der Waals surface area contributed by atoms with Crippen molar-refractivity contribution in [2.75, 3.05) is 0 Å². The summed E-state index contributed by atoms with van der Waals surface area (Å²) in [7, 11) is 0. The van der Waals surface area contributed by atoms with Crippen molar-refractivity contribution in [1.29, 1.82) is 0 Å². The monoisotopic (exact) mass is 310 g/mol. The first-order valence-electron chi connectivity index (χ1n) is 5.68. The second-order valence-electron chi connectivity index (χ2n) is 4.25. The minimum atomic E-state index is -0.560. The van der Waals surface area contributed by atoms with Crippen LogP contribution in [0.5, 0.6) is 11.5 Å². The van der Waals surface area contributed by atoms with Gasteiger partial charge in [0.25, 0.3) is 5.69 Å². The Balaban J connectivity index is 2.47. The van der Waals surface area contributed by atoms with Gasteiger partial charge in [0.15, 0.2) is 5.75 Å². The zero-order valence-corrected chi connectivity index (χ0v) is 12.2. The van der Waals surface area contributed by atoms with Gasteiger partial charge in [-0.3, -0.25) is 10.1 Å². The number of aryl methyl sites for hydroxylation is 2. The summed E-state index contributed by atoms with van der Waals surface area (Å²) in [6, 6.07) is 8.94. The first-order valence-corrected chi connectivity index (χ1v) is 6.44. The predicted octanol–water partition coefficient (Wildman–Crippen LogP) is 5.11. The molecule has 0 aliphatic rings. The second kappa shape index (κ2) is 5.69. The summed E-state index contributed by atoms with van der Waals surface area (Å²) >= 11 is 12.0. The fourth-order valence-electron chi connectivity index (χ4n) is 1.75. The van der Waals surface area contributed by atoms with E-state index in [1.54, 1.807) is 12.1 Å². The van der Waals surface area contributed by atoms with Gasteiger partial charge in [-0.1, -0.05) is 23.2 Å². The highest BCUT2D eigenvalue weighted by atomic mass is 35.5. The van der Waals surface area contributed by atoms with E-state index in [1.165, 1.54) is 12.1 Å². The molecule has 0 unspecified atom stereocenters. The van der Waals surface area contributed by atoms with Crippen molar-refractivity contribution in [2.45, 2.75) is 13.8 Å². The van der Waals surface area contributed by atoms with Crippen molar-refractivity contribution in [3.05, 3.63) is 61.6 Å². The first-order chi connectivity index (χ1) is 9.40. The molecule has 4 nitrogen and oxygen atoms in total. The second-order valence-corrected chi connectivity index (χ2v) is 5.06. The minimum Gasteiger partial charge on any atom is -0.454 e. The maximum atomic E-state index is 10.7. The van der Waals surface area contributed by atoms with Crippen LogP contribution in [0.4, 0.5) is 5.69 Å². The molecule has 0 amide bonds. The molecule has 2 aromatic carbocycles. The number of ether oxygens (including phenoxy) is 1. The molecule has 0 bridgehead atoms. The summed E-state index contributed by atoms with van der Waals surface area (Å²) in [5.74, 6) is 0.817. The lowest BCUT2D eigenvalue weighted by Gasteiger charge is -2.13. The Labute approximate surface area is 126 Å². The molecule has 2 aromatic rings. The van der Waals surface area contributed by atoms with Crippen LogP contribution in [-0.2, 0) is 0 Å². The largest absolute Gasteiger partial charge is 0.454 e. The third-order valence-electron chi connectivity index (χ3n) is 2.71. The fourth-order valence-corrected chi connectivity index (χ4v) is 2.30. The summed E-state index contributed by atoms with van der Waals surface area (Å²) in [5, 5.41) is 10.9. The SMILES string of the molecule is Cc1c[c]cc(C)c1Oc1c(Cl)cc([N+](=O)[O-])cc1Cl. The van der Waals surface area contributed by atoms with E-state index in [0.717, 1.165) is 11.1 Å². The van der Waals surface area contributed by atoms with E-state index in [9.17, 15) is 10.1 Å². The van der Waals surface area contributed by atoms with Gasteiger partial charge in [-0.15, -0.1) is 0 Å². The van der Waals surface area contributed by atoms with Gasteiger partial charge in [-0.2, -0.15) is 0 Å². The standard InChI is InChI=1S/C14H10Cl2NO3/c1-8-4-3-5-9(2)13(8)20-14-11(15)6-10(17(18)19)7-12(14)16/h4-7H,1-2H3. The highest BCUT2D eigenvalue weighted by molar-refractivity contribution is 6.37. The first kappa shape index (κ1) is 14.6. The predicted molar refractivity (Wildman–Crippen MR) is 77.9 cm³/mol. The Kier molecular flexibility index (Phi) is 4.16. The molecule has 0 aromatic heterocycles. The number of non-ortho nitro benzene ring substituents is 1. The van der Waals surface area contributed by atoms with Gasteiger partial charge in [0.2, 0.25) is 0 Å². The Morgan fingerprint density at radius 3 is 2.05 bits per heavy atom. The van der Waals surface area contributed by atoms with Gasteiger partial charge < -0.3 is 4.74 Å². The van der Waals surface area contributed by atoms with Gasteiger partial charge >= 0.3 is 0 Å². The van der Waals surface area contributed by atoms with Crippen LogP contribution in [0.25, 0.3) is 0 Å². The van der Waals surface area contributed by atoms with Crippen molar-refractivity contribution in [3.63, 3.8) is 0 Å². The van der Waals surface area contributed by atoms with Gasteiger partial charge in [-0.05, 0) is 43.2 Å². The van der Waals surface area contributed by atoms with E-state index in [0.29, 0.717) is 5.75 Å². The van der Waals surface area contributed by atoms with Crippen molar-refractivity contribution < 1.29 is 9.66 Å². The lowest BCUT2D eigenvalue weighted by Crippen LogP contribution is -1.94. The Hall–Kier alpha value is -1.78. The molecular weight excluding hydrogens is 301 g/mol. The normalized spacial score (nSPS) is 10.4. The summed E-state index contributed by atoms with van der Waals surface area (Å²) in [4.78, 5) is 10.2. The molecule has 0 atom stereocenters. The molecule has 0 spiro atoms. The van der Waals surface area contributed by atoms with Crippen molar-refractivity contribution in [2.24, 2.45) is 0 Å². The van der Waals surface area contributed by atoms with E-state index >= 15 is 0 Å². The Bertz CT molecular complexity index is 643. The highest BCUT2D eigenvalue weighted by Crippen LogP contribution is 2.40. The van der Waals surface area contributed by atoms with Crippen LogP contribution in [-0.4, -0.2) is 4.92 Å². The maximum absolute atomic E-state index is 10.7. The molecular formula is C14H10Cl2NO3. The van der Waals surface area contributed by atoms with E-state index in [-0.39, 0.29) is 21.5 Å². The topological polar surface area (TPSA) is 52.4 Å². The lowest BCUT2D eigenvalue weighted by molar-refractivity contribution is -0.384. The molecule has 0 aliphatic heterocycles. The Morgan fingerprint density at radius 2 is 1.60 bits per heavy atom. The van der Waals surface area contributed by atoms with Crippen molar-refractivity contribution >= 4 is 28.9 Å². The lowest BCUT2D eigenvalue weighted by atomic mass is 10.1. The molecule has 20 heavy (non-hydrogen) atoms. The molecule has 0 heterocycles. The van der Waals surface area contributed by atoms with Crippen LogP contribution < -0.4 is 4.74 Å². The average Bonchev–Trinajstić information content (AvgIpc) is 2.36. The van der Waals surface area contributed by atoms with Crippen LogP contribution in [0.15, 0.2) is 24.3 Å². The van der Waals surface area contributed by atoms with Gasteiger partial charge in [0, 0.05) is 12.1 Å². The van der Waals surface area contributed by atoms with Crippen LogP contribution >= 0.6 is 23.2 Å². The van der Waals surface area contributed by atoms with E-state index in [2.05, 4.69) is 6.07 Å². The number of nitro benzene ring substituents is 1. The smallest absolute Gasteiger partial charge is 0.272 e. The quantitative estimate of drug-likeness (QED) is 0.584. The fraction of sp³-hybridized carbons (Fsp3) is 0.143. The number of halogens is 2. The average molecular weight is 311 g/mol. The number of hydrogen-bond donors (Lipinski definition) is 0. The molecule has 6 heteroatoms. The van der Waals surface area contributed by atoms with Gasteiger partial charge in [-0.25, -0.2) is 0 Å². The molecule has 0 fully saturated rings. The van der Waals surface area contributed by atoms with Gasteiger partial charge in [0.05, 0.1) is 15.0 Å². The molecule has 0 aliphatic carbocycles. The van der Waals surface area contributed by atoms with Crippen molar-refractivity contribution in [3.8, 4) is 11.5 Å². The van der Waals surface area contributed by atoms with Crippen molar-refractivity contribution in [1.82, 2.24) is 0 Å². The molecule has 0 saturated heterocycles. The molecule has 1 radical (unpaired) electrons. The third kappa shape index (κ3) is 2.86. The van der Waals surface area contributed by atoms with E-state index in [4.69, 9.17) is 27.9 Å². The number of benzene rings is 2. The summed E-state index contributed by atoms with van der Waals surface area (Å²) < 4.78 is 5.73. The maximum Gasteiger partial charge on any atom is 0.272 e. The Morgan fingerprint density at radius 1 is 1.10 bits per heavy atom. The zero-order chi connectivity index (χ0) is 14.9. The number of nitrogens with zero attached hydrogens (tertiary/aromatic N) is 1. The summed E-state index contributed by atoms with van der Waals surface area (Å²) in [6.07, 6.45) is 0. The third-order valence-corrected chi connectivity index (χ3v) is 3.28. The van der Waals surface area contributed by atoms with E-state index < -0.39 is 4.92 Å².